The van der Waals surface area contributed by atoms with Gasteiger partial charge in [-0.25, -0.2) is 8.78 Å². The van der Waals surface area contributed by atoms with E-state index < -0.39 is 11.6 Å². The highest BCUT2D eigenvalue weighted by molar-refractivity contribution is 5.74. The molecule has 0 spiro atoms. The number of esters is 1. The zero-order valence-corrected chi connectivity index (χ0v) is 22.1. The van der Waals surface area contributed by atoms with Crippen LogP contribution in [0.3, 0.4) is 0 Å². The summed E-state index contributed by atoms with van der Waals surface area (Å²) in [4.78, 5) is 11.7. The first-order valence-electron chi connectivity index (χ1n) is 13.6. The molecule has 37 heavy (non-hydrogen) atoms. The summed E-state index contributed by atoms with van der Waals surface area (Å²) in [5.74, 6) is -1.97. The predicted octanol–water partition coefficient (Wildman–Crippen LogP) is 7.50. The molecule has 1 aliphatic rings. The first-order valence-corrected chi connectivity index (χ1v) is 13.6. The average molecular weight is 519 g/mol. The number of hydrogen-bond donors (Lipinski definition) is 0. The van der Waals surface area contributed by atoms with Gasteiger partial charge in [-0.3, -0.25) is 4.79 Å². The minimum atomic E-state index is -0.725. The van der Waals surface area contributed by atoms with Gasteiger partial charge in [-0.15, -0.1) is 0 Å². The second kappa shape index (κ2) is 15.7. The molecule has 0 aliphatic carbocycles. The summed E-state index contributed by atoms with van der Waals surface area (Å²) in [5, 5.41) is 0. The third kappa shape index (κ3) is 10.8. The Kier molecular flexibility index (Phi) is 12.3. The molecule has 0 bridgehead atoms. The topological polar surface area (TPSA) is 57.3 Å². The number of carbonyl (C=O) groups excluding carboxylic acids is 1. The lowest BCUT2D eigenvalue weighted by molar-refractivity contribution is -0.137. The summed E-state index contributed by atoms with van der Waals surface area (Å²) in [6.45, 7) is 6.20. The van der Waals surface area contributed by atoms with Gasteiger partial charge in [-0.1, -0.05) is 70.9 Å². The number of rotatable bonds is 18. The fourth-order valence-corrected chi connectivity index (χ4v) is 3.91. The molecular formula is C30H40F2O5. The van der Waals surface area contributed by atoms with Crippen molar-refractivity contribution in [2.75, 3.05) is 26.4 Å². The lowest BCUT2D eigenvalue weighted by atomic mass is 10.0. The largest absolute Gasteiger partial charge is 0.488 e. The predicted molar refractivity (Wildman–Crippen MR) is 140 cm³/mol. The summed E-state index contributed by atoms with van der Waals surface area (Å²) in [7, 11) is 0. The van der Waals surface area contributed by atoms with E-state index in [0.717, 1.165) is 45.5 Å². The molecule has 1 aliphatic heterocycles. The zero-order valence-electron chi connectivity index (χ0n) is 22.1. The van der Waals surface area contributed by atoms with Crippen molar-refractivity contribution in [2.45, 2.75) is 77.7 Å². The van der Waals surface area contributed by atoms with E-state index in [1.807, 2.05) is 0 Å². The van der Waals surface area contributed by atoms with E-state index in [4.69, 9.17) is 18.9 Å². The average Bonchev–Trinajstić information content (AvgIpc) is 3.70. The Labute approximate surface area is 219 Å². The van der Waals surface area contributed by atoms with Crippen molar-refractivity contribution in [3.05, 3.63) is 48.0 Å². The van der Waals surface area contributed by atoms with Crippen LogP contribution < -0.4 is 9.47 Å². The smallest absolute Gasteiger partial charge is 0.313 e. The number of ether oxygens (including phenoxy) is 4. The molecule has 204 valence electrons. The molecule has 1 saturated heterocycles. The molecule has 0 saturated carbocycles. The minimum absolute atomic E-state index is 0.242. The Morgan fingerprint density at radius 3 is 1.95 bits per heavy atom. The molecule has 1 fully saturated rings. The van der Waals surface area contributed by atoms with Gasteiger partial charge in [0.2, 0.25) is 0 Å². The van der Waals surface area contributed by atoms with Gasteiger partial charge >= 0.3 is 5.97 Å². The van der Waals surface area contributed by atoms with Gasteiger partial charge in [0.25, 0.3) is 0 Å². The van der Waals surface area contributed by atoms with Crippen molar-refractivity contribution in [1.82, 2.24) is 0 Å². The lowest BCUT2D eigenvalue weighted by Crippen LogP contribution is -2.14. The van der Waals surface area contributed by atoms with E-state index in [0.29, 0.717) is 23.0 Å². The maximum absolute atomic E-state index is 14.6. The number of unbranched alkanes of at least 4 members (excludes halogenated alkanes) is 8. The van der Waals surface area contributed by atoms with Crippen LogP contribution >= 0.6 is 0 Å². The Hall–Kier alpha value is -2.51. The van der Waals surface area contributed by atoms with E-state index in [-0.39, 0.29) is 24.2 Å². The van der Waals surface area contributed by atoms with Crippen molar-refractivity contribution < 1.29 is 32.5 Å². The first-order chi connectivity index (χ1) is 17.9. The molecule has 1 atom stereocenters. The van der Waals surface area contributed by atoms with Crippen molar-refractivity contribution in [2.24, 2.45) is 5.92 Å². The van der Waals surface area contributed by atoms with Crippen LogP contribution in [0.5, 0.6) is 11.5 Å². The van der Waals surface area contributed by atoms with Crippen molar-refractivity contribution in [3.63, 3.8) is 0 Å². The third-order valence-corrected chi connectivity index (χ3v) is 6.26. The first kappa shape index (κ1) is 29.1. The molecule has 5 nitrogen and oxygen atoms in total. The molecule has 0 aromatic heterocycles. The highest BCUT2D eigenvalue weighted by Gasteiger charge is 2.21. The molecule has 0 radical (unpaired) electrons. The summed E-state index contributed by atoms with van der Waals surface area (Å²) < 4.78 is 50.5. The van der Waals surface area contributed by atoms with Gasteiger partial charge in [0, 0.05) is 6.61 Å². The monoisotopic (exact) mass is 518 g/mol. The number of carbonyl (C=O) groups is 1. The Morgan fingerprint density at radius 1 is 0.865 bits per heavy atom. The molecule has 3 rings (SSSR count). The van der Waals surface area contributed by atoms with Crippen LogP contribution in [0.15, 0.2) is 36.4 Å². The van der Waals surface area contributed by atoms with Crippen LogP contribution in [0.2, 0.25) is 0 Å². The SMILES string of the molecule is CC(C)C(=O)Oc1ccc(-c2cc(F)c(OCCCCCCCCCCCOCC3CO3)c(F)c2)cc1. The van der Waals surface area contributed by atoms with Crippen LogP contribution in [0, 0.1) is 17.6 Å². The lowest BCUT2D eigenvalue weighted by Gasteiger charge is -2.11. The number of epoxide rings is 1. The summed E-state index contributed by atoms with van der Waals surface area (Å²) >= 11 is 0. The third-order valence-electron chi connectivity index (χ3n) is 6.26. The van der Waals surface area contributed by atoms with Gasteiger partial charge in [0.05, 0.1) is 25.7 Å². The molecule has 7 heteroatoms. The van der Waals surface area contributed by atoms with Crippen molar-refractivity contribution in [1.29, 1.82) is 0 Å². The van der Waals surface area contributed by atoms with E-state index in [9.17, 15) is 13.6 Å². The summed E-state index contributed by atoms with van der Waals surface area (Å²) in [6.07, 6.45) is 10.3. The maximum atomic E-state index is 14.6. The van der Waals surface area contributed by atoms with Crippen molar-refractivity contribution >= 4 is 5.97 Å². The van der Waals surface area contributed by atoms with E-state index in [1.165, 1.54) is 44.2 Å². The molecule has 2 aromatic carbocycles. The Balaban J connectivity index is 1.28. The zero-order chi connectivity index (χ0) is 26.5. The number of halogens is 2. The van der Waals surface area contributed by atoms with E-state index in [2.05, 4.69) is 0 Å². The highest BCUT2D eigenvalue weighted by Crippen LogP contribution is 2.30. The normalized spacial score (nSPS) is 14.7. The summed E-state index contributed by atoms with van der Waals surface area (Å²) in [5.41, 5.74) is 1.01. The standard InChI is InChI=1S/C30H40F2O5/c1-22(2)30(33)37-25-14-12-23(13-15-25)24-18-27(31)29(28(32)19-24)35-17-11-9-7-5-3-4-6-8-10-16-34-20-26-21-36-26/h12-15,18-19,22,26H,3-11,16-17,20-21H2,1-2H3. The molecule has 1 heterocycles. The van der Waals surface area contributed by atoms with Gasteiger partial charge in [-0.2, -0.15) is 0 Å². The van der Waals surface area contributed by atoms with E-state index in [1.54, 1.807) is 38.1 Å². The van der Waals surface area contributed by atoms with E-state index >= 15 is 0 Å². The quantitative estimate of drug-likeness (QED) is 0.0885. The van der Waals surface area contributed by atoms with Gasteiger partial charge in [-0.05, 0) is 48.2 Å². The van der Waals surface area contributed by atoms with Crippen LogP contribution in [0.25, 0.3) is 11.1 Å². The summed E-state index contributed by atoms with van der Waals surface area (Å²) in [6, 6.07) is 9.08. The van der Waals surface area contributed by atoms with Gasteiger partial charge < -0.3 is 18.9 Å². The second-order valence-corrected chi connectivity index (χ2v) is 9.93. The molecule has 0 amide bonds. The van der Waals surface area contributed by atoms with Crippen LogP contribution in [-0.4, -0.2) is 38.5 Å². The Bertz CT molecular complexity index is 934. The fourth-order valence-electron chi connectivity index (χ4n) is 3.91. The molecular weight excluding hydrogens is 478 g/mol. The molecule has 1 unspecified atom stereocenters. The maximum Gasteiger partial charge on any atom is 0.313 e. The highest BCUT2D eigenvalue weighted by atomic mass is 19.1. The number of hydrogen-bond acceptors (Lipinski definition) is 5. The van der Waals surface area contributed by atoms with Gasteiger partial charge in [0.15, 0.2) is 17.4 Å². The molecule has 0 N–H and O–H groups in total. The van der Waals surface area contributed by atoms with Crippen molar-refractivity contribution in [3.8, 4) is 22.6 Å². The number of benzene rings is 2. The van der Waals surface area contributed by atoms with Crippen LogP contribution in [0.1, 0.15) is 71.6 Å². The van der Waals surface area contributed by atoms with Crippen LogP contribution in [-0.2, 0) is 14.3 Å². The minimum Gasteiger partial charge on any atom is -0.488 e. The fraction of sp³-hybridized carbons (Fsp3) is 0.567. The van der Waals surface area contributed by atoms with Gasteiger partial charge in [0.1, 0.15) is 11.9 Å². The molecule has 2 aromatic rings. The Morgan fingerprint density at radius 2 is 1.41 bits per heavy atom. The second-order valence-electron chi connectivity index (χ2n) is 9.93. The van der Waals surface area contributed by atoms with Crippen LogP contribution in [0.4, 0.5) is 8.78 Å².